The molecule has 3 aliphatic rings. The van der Waals surface area contributed by atoms with Crippen molar-refractivity contribution in [3.8, 4) is 5.75 Å². The van der Waals surface area contributed by atoms with Gasteiger partial charge in [-0.2, -0.15) is 8.78 Å². The van der Waals surface area contributed by atoms with Crippen LogP contribution in [0.15, 0.2) is 18.2 Å². The Labute approximate surface area is 186 Å². The van der Waals surface area contributed by atoms with Gasteiger partial charge >= 0.3 is 6.61 Å². The van der Waals surface area contributed by atoms with Gasteiger partial charge in [-0.15, -0.1) is 0 Å². The molecular formula is C27H39F3O. The van der Waals surface area contributed by atoms with Crippen molar-refractivity contribution in [3.05, 3.63) is 29.6 Å². The molecule has 0 amide bonds. The number of alkyl halides is 2. The molecule has 0 saturated heterocycles. The summed E-state index contributed by atoms with van der Waals surface area (Å²) in [6.45, 7) is -2.99. The van der Waals surface area contributed by atoms with Crippen LogP contribution in [-0.4, -0.2) is 6.61 Å². The van der Waals surface area contributed by atoms with Crippen LogP contribution in [0.5, 0.6) is 5.75 Å². The molecule has 0 unspecified atom stereocenters. The third-order valence-corrected chi connectivity index (χ3v) is 8.64. The molecule has 3 fully saturated rings. The minimum atomic E-state index is -2.99. The summed E-state index contributed by atoms with van der Waals surface area (Å²) in [7, 11) is 0. The second-order valence-electron chi connectivity index (χ2n) is 10.6. The number of ether oxygens (including phenoxy) is 1. The summed E-state index contributed by atoms with van der Waals surface area (Å²) < 4.78 is 42.7. The minimum absolute atomic E-state index is 0.364. The fourth-order valence-corrected chi connectivity index (χ4v) is 6.82. The molecule has 4 heteroatoms. The normalized spacial score (nSPS) is 30.1. The van der Waals surface area contributed by atoms with Crippen molar-refractivity contribution in [1.29, 1.82) is 0 Å². The summed E-state index contributed by atoms with van der Waals surface area (Å²) in [5.74, 6) is 3.59. The number of rotatable bonds is 8. The first kappa shape index (κ1) is 23.0. The maximum Gasteiger partial charge on any atom is 0.387 e. The van der Waals surface area contributed by atoms with Crippen LogP contribution in [0.3, 0.4) is 0 Å². The van der Waals surface area contributed by atoms with Crippen molar-refractivity contribution >= 4 is 0 Å². The van der Waals surface area contributed by atoms with Gasteiger partial charge < -0.3 is 4.74 Å². The summed E-state index contributed by atoms with van der Waals surface area (Å²) in [5.41, 5.74) is 0.877. The van der Waals surface area contributed by atoms with Gasteiger partial charge in [0.2, 0.25) is 0 Å². The molecule has 0 bridgehead atoms. The first-order chi connectivity index (χ1) is 15.1. The van der Waals surface area contributed by atoms with E-state index in [0.717, 1.165) is 48.0 Å². The Kier molecular flexibility index (Phi) is 8.23. The number of hydrogen-bond acceptors (Lipinski definition) is 1. The number of benzene rings is 1. The molecule has 0 N–H and O–H groups in total. The summed E-state index contributed by atoms with van der Waals surface area (Å²) in [6.07, 6.45) is 20.5. The molecule has 0 heterocycles. The van der Waals surface area contributed by atoms with E-state index in [1.165, 1.54) is 95.6 Å². The van der Waals surface area contributed by atoms with Crippen molar-refractivity contribution in [2.24, 2.45) is 29.6 Å². The van der Waals surface area contributed by atoms with Gasteiger partial charge in [-0.25, -0.2) is 4.39 Å². The third kappa shape index (κ3) is 6.65. The average Bonchev–Trinajstić information content (AvgIpc) is 3.28. The molecule has 31 heavy (non-hydrogen) atoms. The largest absolute Gasteiger partial charge is 0.432 e. The van der Waals surface area contributed by atoms with Crippen LogP contribution in [0.2, 0.25) is 0 Å². The lowest BCUT2D eigenvalue weighted by atomic mass is 9.67. The Bertz CT molecular complexity index is 669. The molecular weight excluding hydrogens is 397 g/mol. The molecule has 4 rings (SSSR count). The van der Waals surface area contributed by atoms with Gasteiger partial charge in [0, 0.05) is 0 Å². The van der Waals surface area contributed by atoms with Crippen molar-refractivity contribution in [3.63, 3.8) is 0 Å². The predicted molar refractivity (Wildman–Crippen MR) is 119 cm³/mol. The maximum atomic E-state index is 13.9. The zero-order valence-electron chi connectivity index (χ0n) is 18.8. The summed E-state index contributed by atoms with van der Waals surface area (Å²) in [6, 6.07) is 4.40. The van der Waals surface area contributed by atoms with Gasteiger partial charge in [0.1, 0.15) is 0 Å². The second-order valence-corrected chi connectivity index (χ2v) is 10.6. The Morgan fingerprint density at radius 1 is 0.774 bits per heavy atom. The van der Waals surface area contributed by atoms with Crippen molar-refractivity contribution in [2.75, 3.05) is 0 Å². The molecule has 1 aromatic rings. The second kappa shape index (κ2) is 11.1. The number of halogens is 3. The van der Waals surface area contributed by atoms with Crippen LogP contribution in [0, 0.1) is 35.4 Å². The van der Waals surface area contributed by atoms with Crippen molar-refractivity contribution < 1.29 is 17.9 Å². The third-order valence-electron chi connectivity index (χ3n) is 8.64. The Balaban J connectivity index is 1.15. The first-order valence-corrected chi connectivity index (χ1v) is 12.8. The van der Waals surface area contributed by atoms with Gasteiger partial charge in [-0.05, 0) is 92.2 Å². The predicted octanol–water partition coefficient (Wildman–Crippen LogP) is 8.55. The van der Waals surface area contributed by atoms with E-state index in [-0.39, 0.29) is 5.75 Å². The fourth-order valence-electron chi connectivity index (χ4n) is 6.82. The molecule has 0 spiro atoms. The SMILES string of the molecule is Fc1cc(CC[C@H]2CC[C@H]([C@H]3CC[C@H](CC4CCCC4)CC3)CC2)ccc1OC(F)F. The van der Waals surface area contributed by atoms with Crippen LogP contribution >= 0.6 is 0 Å². The van der Waals surface area contributed by atoms with Crippen LogP contribution in [-0.2, 0) is 6.42 Å². The van der Waals surface area contributed by atoms with E-state index in [2.05, 4.69) is 4.74 Å². The van der Waals surface area contributed by atoms with Crippen LogP contribution in [0.4, 0.5) is 13.2 Å². The number of hydrogen-bond donors (Lipinski definition) is 0. The highest BCUT2D eigenvalue weighted by molar-refractivity contribution is 5.29. The van der Waals surface area contributed by atoms with E-state index < -0.39 is 12.4 Å². The lowest BCUT2D eigenvalue weighted by Gasteiger charge is -2.38. The zero-order valence-corrected chi connectivity index (χ0v) is 18.8. The van der Waals surface area contributed by atoms with E-state index in [4.69, 9.17) is 0 Å². The summed E-state index contributed by atoms with van der Waals surface area (Å²) in [5, 5.41) is 0. The topological polar surface area (TPSA) is 9.23 Å². The van der Waals surface area contributed by atoms with Gasteiger partial charge in [-0.1, -0.05) is 57.4 Å². The van der Waals surface area contributed by atoms with E-state index in [9.17, 15) is 13.2 Å². The Hall–Kier alpha value is -1.19. The smallest absolute Gasteiger partial charge is 0.387 e. The van der Waals surface area contributed by atoms with Crippen LogP contribution in [0.1, 0.15) is 95.5 Å². The van der Waals surface area contributed by atoms with Gasteiger partial charge in [-0.3, -0.25) is 0 Å². The van der Waals surface area contributed by atoms with E-state index in [0.29, 0.717) is 0 Å². The minimum Gasteiger partial charge on any atom is -0.432 e. The van der Waals surface area contributed by atoms with Gasteiger partial charge in [0.15, 0.2) is 11.6 Å². The van der Waals surface area contributed by atoms with Crippen molar-refractivity contribution in [1.82, 2.24) is 0 Å². The monoisotopic (exact) mass is 436 g/mol. The highest BCUT2D eigenvalue weighted by atomic mass is 19.3. The lowest BCUT2D eigenvalue weighted by Crippen LogP contribution is -2.26. The molecule has 3 aliphatic carbocycles. The average molecular weight is 437 g/mol. The molecule has 1 nitrogen and oxygen atoms in total. The van der Waals surface area contributed by atoms with E-state index in [1.54, 1.807) is 6.07 Å². The maximum absolute atomic E-state index is 13.9. The summed E-state index contributed by atoms with van der Waals surface area (Å²) >= 11 is 0. The quantitative estimate of drug-likeness (QED) is 0.397. The Morgan fingerprint density at radius 3 is 1.94 bits per heavy atom. The number of aryl methyl sites for hydroxylation is 1. The van der Waals surface area contributed by atoms with Crippen molar-refractivity contribution in [2.45, 2.75) is 103 Å². The van der Waals surface area contributed by atoms with E-state index >= 15 is 0 Å². The molecule has 1 aromatic carbocycles. The zero-order chi connectivity index (χ0) is 21.6. The van der Waals surface area contributed by atoms with E-state index in [1.807, 2.05) is 0 Å². The molecule has 174 valence electrons. The fraction of sp³-hybridized carbons (Fsp3) is 0.778. The summed E-state index contributed by atoms with van der Waals surface area (Å²) in [4.78, 5) is 0. The van der Waals surface area contributed by atoms with Gasteiger partial charge in [0.25, 0.3) is 0 Å². The highest BCUT2D eigenvalue weighted by Gasteiger charge is 2.31. The lowest BCUT2D eigenvalue weighted by molar-refractivity contribution is -0.0522. The highest BCUT2D eigenvalue weighted by Crippen LogP contribution is 2.44. The Morgan fingerprint density at radius 2 is 1.35 bits per heavy atom. The standard InChI is InChI=1S/C27H39F3O/c28-25-18-22(11-16-26(25)31-27(29)30)6-5-19-7-12-23(13-8-19)24-14-9-21(10-15-24)17-20-3-1-2-4-20/h11,16,18-21,23-24,27H,1-10,12-15,17H2/t19-,21-,23-,24-. The molecule has 3 saturated carbocycles. The first-order valence-electron chi connectivity index (χ1n) is 12.8. The molecule has 0 aliphatic heterocycles. The van der Waals surface area contributed by atoms with Crippen LogP contribution < -0.4 is 4.74 Å². The molecule has 0 radical (unpaired) electrons. The molecule has 0 aromatic heterocycles. The van der Waals surface area contributed by atoms with Crippen LogP contribution in [0.25, 0.3) is 0 Å². The molecule has 0 atom stereocenters. The van der Waals surface area contributed by atoms with Gasteiger partial charge in [0.05, 0.1) is 0 Å².